The molecule has 2 heterocycles. The minimum atomic E-state index is -4.34. The standard InChI is InChI=1S/C17H12F3N3OS2/c18-17(19,20)10-24-12-7-5-11(6-8-12)9-25-15-21-22-16-23(15)13-3-1-2-4-14(13)26-16/h1-8H,9-10H2. The molecule has 0 radical (unpaired) electrons. The molecule has 26 heavy (non-hydrogen) atoms. The summed E-state index contributed by atoms with van der Waals surface area (Å²) in [6.45, 7) is -1.29. The van der Waals surface area contributed by atoms with Crippen LogP contribution in [-0.2, 0) is 5.75 Å². The van der Waals surface area contributed by atoms with Crippen LogP contribution in [0.2, 0.25) is 0 Å². The number of hydrogen-bond donors (Lipinski definition) is 0. The third-order valence-electron chi connectivity index (χ3n) is 3.60. The molecule has 0 aliphatic heterocycles. The summed E-state index contributed by atoms with van der Waals surface area (Å²) in [4.78, 5) is 0.838. The second kappa shape index (κ2) is 6.81. The fraction of sp³-hybridized carbons (Fsp3) is 0.176. The van der Waals surface area contributed by atoms with Crippen molar-refractivity contribution in [3.63, 3.8) is 0 Å². The number of nitrogens with zero attached hydrogens (tertiary/aromatic N) is 3. The van der Waals surface area contributed by atoms with E-state index in [4.69, 9.17) is 4.74 Å². The molecule has 0 amide bonds. The Hall–Kier alpha value is -2.26. The first-order chi connectivity index (χ1) is 12.5. The van der Waals surface area contributed by atoms with Crippen molar-refractivity contribution in [2.45, 2.75) is 17.1 Å². The lowest BCUT2D eigenvalue weighted by Crippen LogP contribution is -2.19. The number of hydrogen-bond acceptors (Lipinski definition) is 5. The highest BCUT2D eigenvalue weighted by Crippen LogP contribution is 2.31. The number of halogens is 3. The Labute approximate surface area is 154 Å². The summed E-state index contributed by atoms with van der Waals surface area (Å²) in [5, 5.41) is 9.23. The Balaban J connectivity index is 1.46. The molecule has 0 unspecified atom stereocenters. The highest BCUT2D eigenvalue weighted by Gasteiger charge is 2.28. The van der Waals surface area contributed by atoms with Crippen LogP contribution in [0.1, 0.15) is 5.56 Å². The van der Waals surface area contributed by atoms with Gasteiger partial charge in [-0.15, -0.1) is 10.2 Å². The molecule has 0 saturated heterocycles. The van der Waals surface area contributed by atoms with E-state index < -0.39 is 12.8 Å². The fourth-order valence-corrected chi connectivity index (χ4v) is 4.37. The van der Waals surface area contributed by atoms with Crippen LogP contribution in [0.5, 0.6) is 5.75 Å². The first-order valence-electron chi connectivity index (χ1n) is 7.63. The molecule has 4 aromatic rings. The average molecular weight is 395 g/mol. The lowest BCUT2D eigenvalue weighted by atomic mass is 10.2. The van der Waals surface area contributed by atoms with Gasteiger partial charge in [-0.2, -0.15) is 13.2 Å². The Morgan fingerprint density at radius 3 is 2.58 bits per heavy atom. The third kappa shape index (κ3) is 3.63. The van der Waals surface area contributed by atoms with Crippen molar-refractivity contribution >= 4 is 38.3 Å². The summed E-state index contributed by atoms with van der Waals surface area (Å²) >= 11 is 3.11. The number of thioether (sulfide) groups is 1. The summed E-state index contributed by atoms with van der Waals surface area (Å²) in [7, 11) is 0. The van der Waals surface area contributed by atoms with Crippen molar-refractivity contribution in [1.29, 1.82) is 0 Å². The minimum absolute atomic E-state index is 0.199. The van der Waals surface area contributed by atoms with Crippen LogP contribution in [0.25, 0.3) is 15.2 Å². The number of para-hydroxylation sites is 1. The Morgan fingerprint density at radius 1 is 1.04 bits per heavy atom. The van der Waals surface area contributed by atoms with Gasteiger partial charge in [0.25, 0.3) is 0 Å². The molecule has 0 spiro atoms. The first kappa shape index (κ1) is 17.2. The normalized spacial score (nSPS) is 12.1. The van der Waals surface area contributed by atoms with E-state index in [-0.39, 0.29) is 5.75 Å². The summed E-state index contributed by atoms with van der Waals surface area (Å²) < 4.78 is 44.4. The second-order valence-electron chi connectivity index (χ2n) is 5.51. The van der Waals surface area contributed by atoms with Crippen molar-refractivity contribution in [3.05, 3.63) is 54.1 Å². The van der Waals surface area contributed by atoms with E-state index in [1.165, 1.54) is 11.8 Å². The van der Waals surface area contributed by atoms with Crippen molar-refractivity contribution < 1.29 is 17.9 Å². The SMILES string of the molecule is FC(F)(F)COc1ccc(CSc2nnc3sc4ccccc4n23)cc1. The molecular formula is C17H12F3N3OS2. The van der Waals surface area contributed by atoms with Crippen molar-refractivity contribution in [3.8, 4) is 5.75 Å². The Morgan fingerprint density at radius 2 is 1.81 bits per heavy atom. The van der Waals surface area contributed by atoms with Gasteiger partial charge in [0.1, 0.15) is 5.75 Å². The topological polar surface area (TPSA) is 39.4 Å². The van der Waals surface area contributed by atoms with Gasteiger partial charge in [0, 0.05) is 5.75 Å². The molecule has 0 saturated carbocycles. The first-order valence-corrected chi connectivity index (χ1v) is 9.44. The number of fused-ring (bicyclic) bond motifs is 3. The number of benzene rings is 2. The molecule has 4 nitrogen and oxygen atoms in total. The Kier molecular flexibility index (Phi) is 4.49. The minimum Gasteiger partial charge on any atom is -0.484 e. The van der Waals surface area contributed by atoms with E-state index in [2.05, 4.69) is 10.2 Å². The summed E-state index contributed by atoms with van der Waals surface area (Å²) in [6, 6.07) is 14.6. The van der Waals surface area contributed by atoms with Crippen LogP contribution >= 0.6 is 23.1 Å². The summed E-state index contributed by atoms with van der Waals surface area (Å²) in [5.41, 5.74) is 2.03. The smallest absolute Gasteiger partial charge is 0.422 e. The van der Waals surface area contributed by atoms with Gasteiger partial charge in [-0.1, -0.05) is 47.4 Å². The van der Waals surface area contributed by atoms with Gasteiger partial charge in [0.05, 0.1) is 10.2 Å². The third-order valence-corrected chi connectivity index (χ3v) is 5.62. The molecule has 9 heteroatoms. The maximum Gasteiger partial charge on any atom is 0.422 e. The molecule has 0 atom stereocenters. The highest BCUT2D eigenvalue weighted by molar-refractivity contribution is 7.98. The molecule has 2 aromatic carbocycles. The van der Waals surface area contributed by atoms with E-state index >= 15 is 0 Å². The number of ether oxygens (including phenoxy) is 1. The quantitative estimate of drug-likeness (QED) is 0.437. The second-order valence-corrected chi connectivity index (χ2v) is 7.46. The summed E-state index contributed by atoms with van der Waals surface area (Å²) in [6.07, 6.45) is -4.34. The lowest BCUT2D eigenvalue weighted by Gasteiger charge is -2.09. The van der Waals surface area contributed by atoms with E-state index in [1.54, 1.807) is 35.6 Å². The van der Waals surface area contributed by atoms with Crippen LogP contribution in [-0.4, -0.2) is 27.4 Å². The van der Waals surface area contributed by atoms with Gasteiger partial charge < -0.3 is 4.74 Å². The van der Waals surface area contributed by atoms with Crippen LogP contribution in [0.4, 0.5) is 13.2 Å². The zero-order chi connectivity index (χ0) is 18.1. The van der Waals surface area contributed by atoms with Gasteiger partial charge in [0.2, 0.25) is 4.96 Å². The molecule has 0 aliphatic rings. The van der Waals surface area contributed by atoms with Gasteiger partial charge in [-0.25, -0.2) is 0 Å². The van der Waals surface area contributed by atoms with Crippen molar-refractivity contribution in [2.24, 2.45) is 0 Å². The van der Waals surface area contributed by atoms with Crippen LogP contribution in [0, 0.1) is 0 Å². The lowest BCUT2D eigenvalue weighted by molar-refractivity contribution is -0.153. The molecule has 4 rings (SSSR count). The summed E-state index contributed by atoms with van der Waals surface area (Å²) in [5.74, 6) is 0.828. The highest BCUT2D eigenvalue weighted by atomic mass is 32.2. The van der Waals surface area contributed by atoms with Gasteiger partial charge in [0.15, 0.2) is 11.8 Å². The molecular weight excluding hydrogens is 383 g/mol. The molecule has 0 N–H and O–H groups in total. The zero-order valence-corrected chi connectivity index (χ0v) is 14.9. The monoisotopic (exact) mass is 395 g/mol. The maximum atomic E-state index is 12.2. The predicted molar refractivity (Wildman–Crippen MR) is 95.9 cm³/mol. The van der Waals surface area contributed by atoms with Crippen molar-refractivity contribution in [1.82, 2.24) is 14.6 Å². The predicted octanol–water partition coefficient (Wildman–Crippen LogP) is 5.18. The number of thiazole rings is 1. The van der Waals surface area contributed by atoms with E-state index in [0.717, 1.165) is 25.9 Å². The largest absolute Gasteiger partial charge is 0.484 e. The van der Waals surface area contributed by atoms with Crippen LogP contribution in [0.15, 0.2) is 53.7 Å². The molecule has 2 aromatic heterocycles. The number of rotatable bonds is 5. The Bertz CT molecular complexity index is 1040. The molecule has 0 fully saturated rings. The van der Waals surface area contributed by atoms with E-state index in [9.17, 15) is 13.2 Å². The maximum absolute atomic E-state index is 12.2. The number of aromatic nitrogens is 3. The molecule has 0 bridgehead atoms. The molecule has 134 valence electrons. The van der Waals surface area contributed by atoms with Crippen molar-refractivity contribution in [2.75, 3.05) is 6.61 Å². The van der Waals surface area contributed by atoms with E-state index in [1.807, 2.05) is 28.7 Å². The zero-order valence-electron chi connectivity index (χ0n) is 13.2. The van der Waals surface area contributed by atoms with E-state index in [0.29, 0.717) is 5.75 Å². The van der Waals surface area contributed by atoms with Gasteiger partial charge >= 0.3 is 6.18 Å². The van der Waals surface area contributed by atoms with Crippen LogP contribution < -0.4 is 4.74 Å². The molecule has 0 aliphatic carbocycles. The van der Waals surface area contributed by atoms with Gasteiger partial charge in [-0.3, -0.25) is 4.40 Å². The average Bonchev–Trinajstić information content (AvgIpc) is 3.17. The fourth-order valence-electron chi connectivity index (χ4n) is 2.44. The van der Waals surface area contributed by atoms with Gasteiger partial charge in [-0.05, 0) is 29.8 Å². The number of alkyl halides is 3. The van der Waals surface area contributed by atoms with Crippen LogP contribution in [0.3, 0.4) is 0 Å².